The number of benzene rings is 1. The van der Waals surface area contributed by atoms with Crippen LogP contribution in [0.4, 0.5) is 0 Å². The minimum Gasteiger partial charge on any atom is -0.478 e. The Morgan fingerprint density at radius 2 is 1.88 bits per heavy atom. The van der Waals surface area contributed by atoms with Crippen LogP contribution >= 0.6 is 11.8 Å². The average Bonchev–Trinajstić information content (AvgIpc) is 2.31. The first-order chi connectivity index (χ1) is 7.75. The Hall–Kier alpha value is -1.00. The van der Waals surface area contributed by atoms with Gasteiger partial charge in [-0.15, -0.1) is 0 Å². The second-order valence-electron chi connectivity index (χ2n) is 3.89. The third-order valence-electron chi connectivity index (χ3n) is 2.71. The van der Waals surface area contributed by atoms with Gasteiger partial charge in [-0.05, 0) is 17.7 Å². The van der Waals surface area contributed by atoms with Gasteiger partial charge in [0.25, 0.3) is 0 Å². The highest BCUT2D eigenvalue weighted by Crippen LogP contribution is 2.13. The van der Waals surface area contributed by atoms with Crippen LogP contribution < -0.4 is 0 Å². The maximum atomic E-state index is 10.7. The number of aromatic carboxylic acids is 1. The molecule has 1 aliphatic heterocycles. The van der Waals surface area contributed by atoms with Gasteiger partial charge in [-0.1, -0.05) is 12.1 Å². The molecule has 16 heavy (non-hydrogen) atoms. The Kier molecular flexibility index (Phi) is 3.85. The topological polar surface area (TPSA) is 40.5 Å². The third-order valence-corrected chi connectivity index (χ3v) is 3.65. The molecule has 0 aromatic heterocycles. The van der Waals surface area contributed by atoms with E-state index in [1.54, 1.807) is 12.1 Å². The lowest BCUT2D eigenvalue weighted by atomic mass is 10.1. The predicted molar refractivity (Wildman–Crippen MR) is 66.0 cm³/mol. The highest BCUT2D eigenvalue weighted by atomic mass is 32.2. The summed E-state index contributed by atoms with van der Waals surface area (Å²) in [6.45, 7) is 3.19. The molecule has 0 radical (unpaired) electrons. The summed E-state index contributed by atoms with van der Waals surface area (Å²) in [7, 11) is 0. The van der Waals surface area contributed by atoms with Gasteiger partial charge in [-0.25, -0.2) is 4.79 Å². The molecule has 0 atom stereocenters. The molecule has 1 heterocycles. The summed E-state index contributed by atoms with van der Waals surface area (Å²) in [6.07, 6.45) is 0. The van der Waals surface area contributed by atoms with Crippen molar-refractivity contribution in [3.8, 4) is 0 Å². The van der Waals surface area contributed by atoms with Gasteiger partial charge in [-0.2, -0.15) is 11.8 Å². The van der Waals surface area contributed by atoms with E-state index < -0.39 is 5.97 Å². The Balaban J connectivity index is 1.96. The summed E-state index contributed by atoms with van der Waals surface area (Å²) in [5.74, 6) is 1.54. The molecule has 1 saturated heterocycles. The monoisotopic (exact) mass is 237 g/mol. The SMILES string of the molecule is O=C(O)c1ccc(CN2CCSCC2)cc1. The lowest BCUT2D eigenvalue weighted by Gasteiger charge is -2.26. The van der Waals surface area contributed by atoms with Gasteiger partial charge in [0.15, 0.2) is 0 Å². The van der Waals surface area contributed by atoms with Gasteiger partial charge in [0.05, 0.1) is 5.56 Å². The number of hydrogen-bond donors (Lipinski definition) is 1. The summed E-state index contributed by atoms with van der Waals surface area (Å²) in [4.78, 5) is 13.1. The fraction of sp³-hybridized carbons (Fsp3) is 0.417. The number of carboxylic acids is 1. The third kappa shape index (κ3) is 3.00. The van der Waals surface area contributed by atoms with Crippen molar-refractivity contribution in [1.82, 2.24) is 4.90 Å². The predicted octanol–water partition coefficient (Wildman–Crippen LogP) is 1.93. The smallest absolute Gasteiger partial charge is 0.335 e. The van der Waals surface area contributed by atoms with Crippen molar-refractivity contribution in [2.75, 3.05) is 24.6 Å². The second kappa shape index (κ2) is 5.37. The zero-order chi connectivity index (χ0) is 11.4. The molecule has 2 rings (SSSR count). The summed E-state index contributed by atoms with van der Waals surface area (Å²) in [5.41, 5.74) is 1.55. The van der Waals surface area contributed by atoms with E-state index in [1.165, 1.54) is 17.1 Å². The van der Waals surface area contributed by atoms with Gasteiger partial charge < -0.3 is 5.11 Å². The largest absolute Gasteiger partial charge is 0.478 e. The van der Waals surface area contributed by atoms with Crippen LogP contribution in [0.25, 0.3) is 0 Å². The number of nitrogens with zero attached hydrogens (tertiary/aromatic N) is 1. The number of hydrogen-bond acceptors (Lipinski definition) is 3. The normalized spacial score (nSPS) is 17.2. The lowest BCUT2D eigenvalue weighted by molar-refractivity contribution is 0.0697. The van der Waals surface area contributed by atoms with Crippen molar-refractivity contribution >= 4 is 17.7 Å². The van der Waals surface area contributed by atoms with E-state index >= 15 is 0 Å². The first-order valence-corrected chi connectivity index (χ1v) is 6.53. The molecule has 1 N–H and O–H groups in total. The standard InChI is InChI=1S/C12H15NO2S/c14-12(15)11-3-1-10(2-4-11)9-13-5-7-16-8-6-13/h1-4H,5-9H2,(H,14,15). The number of carboxylic acid groups (broad SMARTS) is 1. The van der Waals surface area contributed by atoms with E-state index in [2.05, 4.69) is 4.90 Å². The highest BCUT2D eigenvalue weighted by Gasteiger charge is 2.10. The molecule has 0 amide bonds. The molecule has 4 heteroatoms. The van der Waals surface area contributed by atoms with Crippen LogP contribution in [-0.2, 0) is 6.54 Å². The molecular weight excluding hydrogens is 222 g/mol. The fourth-order valence-electron chi connectivity index (χ4n) is 1.77. The fourth-order valence-corrected chi connectivity index (χ4v) is 2.75. The van der Waals surface area contributed by atoms with Gasteiger partial charge in [0, 0.05) is 31.1 Å². The lowest BCUT2D eigenvalue weighted by Crippen LogP contribution is -2.31. The van der Waals surface area contributed by atoms with E-state index in [4.69, 9.17) is 5.11 Å². The molecular formula is C12H15NO2S. The zero-order valence-electron chi connectivity index (χ0n) is 9.06. The number of thioether (sulfide) groups is 1. The van der Waals surface area contributed by atoms with Crippen molar-refractivity contribution in [1.29, 1.82) is 0 Å². The molecule has 1 aromatic rings. The van der Waals surface area contributed by atoms with Crippen LogP contribution in [0.5, 0.6) is 0 Å². The zero-order valence-corrected chi connectivity index (χ0v) is 9.87. The maximum absolute atomic E-state index is 10.7. The Labute approximate surface area is 99.5 Å². The summed E-state index contributed by atoms with van der Waals surface area (Å²) >= 11 is 2.00. The van der Waals surface area contributed by atoms with Crippen molar-refractivity contribution in [2.24, 2.45) is 0 Å². The van der Waals surface area contributed by atoms with Crippen LogP contribution in [0.2, 0.25) is 0 Å². The molecule has 0 bridgehead atoms. The van der Waals surface area contributed by atoms with E-state index in [0.717, 1.165) is 19.6 Å². The van der Waals surface area contributed by atoms with E-state index in [-0.39, 0.29) is 0 Å². The van der Waals surface area contributed by atoms with E-state index in [9.17, 15) is 4.79 Å². The van der Waals surface area contributed by atoms with Crippen LogP contribution in [-0.4, -0.2) is 40.6 Å². The number of rotatable bonds is 3. The van der Waals surface area contributed by atoms with Crippen molar-refractivity contribution in [3.05, 3.63) is 35.4 Å². The van der Waals surface area contributed by atoms with Crippen LogP contribution in [0.1, 0.15) is 15.9 Å². The first-order valence-electron chi connectivity index (χ1n) is 5.38. The molecule has 0 unspecified atom stereocenters. The molecule has 1 aromatic carbocycles. The van der Waals surface area contributed by atoms with Gasteiger partial charge in [0.2, 0.25) is 0 Å². The number of carbonyl (C=O) groups is 1. The first kappa shape index (κ1) is 11.5. The highest BCUT2D eigenvalue weighted by molar-refractivity contribution is 7.99. The van der Waals surface area contributed by atoms with Crippen LogP contribution in [0, 0.1) is 0 Å². The van der Waals surface area contributed by atoms with Gasteiger partial charge >= 0.3 is 5.97 Å². The molecule has 3 nitrogen and oxygen atoms in total. The minimum absolute atomic E-state index is 0.359. The molecule has 86 valence electrons. The summed E-state index contributed by atoms with van der Waals surface area (Å²) < 4.78 is 0. The maximum Gasteiger partial charge on any atom is 0.335 e. The van der Waals surface area contributed by atoms with E-state index in [1.807, 2.05) is 23.9 Å². The second-order valence-corrected chi connectivity index (χ2v) is 5.12. The van der Waals surface area contributed by atoms with Crippen molar-refractivity contribution in [2.45, 2.75) is 6.54 Å². The van der Waals surface area contributed by atoms with Crippen molar-refractivity contribution in [3.63, 3.8) is 0 Å². The quantitative estimate of drug-likeness (QED) is 0.872. The van der Waals surface area contributed by atoms with E-state index in [0.29, 0.717) is 5.56 Å². The van der Waals surface area contributed by atoms with Crippen molar-refractivity contribution < 1.29 is 9.90 Å². The summed E-state index contributed by atoms with van der Waals surface area (Å²) in [6, 6.07) is 7.17. The Morgan fingerprint density at radius 1 is 1.25 bits per heavy atom. The summed E-state index contributed by atoms with van der Waals surface area (Å²) in [5, 5.41) is 8.78. The Morgan fingerprint density at radius 3 is 2.44 bits per heavy atom. The minimum atomic E-state index is -0.860. The molecule has 0 spiro atoms. The molecule has 1 aliphatic rings. The molecule has 1 fully saturated rings. The van der Waals surface area contributed by atoms with Gasteiger partial charge in [0.1, 0.15) is 0 Å². The van der Waals surface area contributed by atoms with Crippen LogP contribution in [0.3, 0.4) is 0 Å². The molecule has 0 saturated carbocycles. The molecule has 0 aliphatic carbocycles. The van der Waals surface area contributed by atoms with Gasteiger partial charge in [-0.3, -0.25) is 4.90 Å². The Bertz CT molecular complexity index is 358. The van der Waals surface area contributed by atoms with Crippen LogP contribution in [0.15, 0.2) is 24.3 Å². The average molecular weight is 237 g/mol.